The maximum atomic E-state index is 12.3. The van der Waals surface area contributed by atoms with E-state index in [2.05, 4.69) is 32.8 Å². The fraction of sp³-hybridized carbons (Fsp3) is 0.538. The number of benzene rings is 1. The van der Waals surface area contributed by atoms with E-state index in [1.807, 2.05) is 18.2 Å². The molecule has 1 saturated heterocycles. The van der Waals surface area contributed by atoms with Crippen LogP contribution in [0.15, 0.2) is 27.6 Å². The molecule has 1 aliphatic rings. The van der Waals surface area contributed by atoms with Gasteiger partial charge in [-0.25, -0.2) is 0 Å². The zero-order valence-electron chi connectivity index (χ0n) is 11.1. The number of nitrogens with two attached hydrogens (primary N) is 1. The first-order chi connectivity index (χ1) is 9.06. The van der Waals surface area contributed by atoms with E-state index in [9.17, 15) is 4.21 Å². The Morgan fingerprint density at radius 1 is 1.32 bits per heavy atom. The third-order valence-corrected chi connectivity index (χ3v) is 5.31. The number of nitrogen functional groups attached to an aromatic ring is 1. The molecule has 4 nitrogen and oxygen atoms in total. The molecule has 0 amide bonds. The number of hydrogen-bond donors (Lipinski definition) is 1. The van der Waals surface area contributed by atoms with Crippen LogP contribution in [0.4, 0.5) is 5.69 Å². The Labute approximate surface area is 125 Å². The van der Waals surface area contributed by atoms with Crippen LogP contribution in [0.2, 0.25) is 0 Å². The van der Waals surface area contributed by atoms with Crippen LogP contribution in [0.3, 0.4) is 0 Å². The van der Waals surface area contributed by atoms with Crippen molar-refractivity contribution in [2.24, 2.45) is 0 Å². The molecule has 0 spiro atoms. The van der Waals surface area contributed by atoms with E-state index in [1.165, 1.54) is 0 Å². The van der Waals surface area contributed by atoms with Gasteiger partial charge in [0, 0.05) is 48.6 Å². The molecule has 1 unspecified atom stereocenters. The number of likely N-dealkylation sites (N-methyl/N-ethyl adjacent to an activating group) is 1. The standard InChI is InChI=1S/C13H20BrN3OS/c1-16-4-6-17(7-5-16)8-9-19(18)13-3-2-11(14)10-12(13)15/h2-3,10H,4-9,15H2,1H3. The summed E-state index contributed by atoms with van der Waals surface area (Å²) in [4.78, 5) is 5.44. The molecule has 6 heteroatoms. The van der Waals surface area contributed by atoms with Gasteiger partial charge in [0.15, 0.2) is 0 Å². The number of hydrogen-bond acceptors (Lipinski definition) is 4. The van der Waals surface area contributed by atoms with Gasteiger partial charge in [-0.3, -0.25) is 9.11 Å². The second kappa shape index (κ2) is 6.83. The maximum Gasteiger partial charge on any atom is 0.0618 e. The number of halogens is 1. The van der Waals surface area contributed by atoms with Crippen molar-refractivity contribution in [1.82, 2.24) is 9.80 Å². The van der Waals surface area contributed by atoms with E-state index < -0.39 is 10.8 Å². The summed E-state index contributed by atoms with van der Waals surface area (Å²) in [6, 6.07) is 5.54. The lowest BCUT2D eigenvalue weighted by atomic mass is 10.3. The Kier molecular flexibility index (Phi) is 5.38. The summed E-state index contributed by atoms with van der Waals surface area (Å²) in [6.07, 6.45) is 0. The van der Waals surface area contributed by atoms with Gasteiger partial charge in [-0.05, 0) is 25.2 Å². The van der Waals surface area contributed by atoms with Crippen LogP contribution in [-0.4, -0.2) is 59.5 Å². The molecule has 0 aliphatic carbocycles. The van der Waals surface area contributed by atoms with Crippen molar-refractivity contribution < 1.29 is 4.21 Å². The summed E-state index contributed by atoms with van der Waals surface area (Å²) < 4.78 is 13.2. The van der Waals surface area contributed by atoms with Crippen LogP contribution in [0.5, 0.6) is 0 Å². The molecule has 1 aromatic carbocycles. The highest BCUT2D eigenvalue weighted by Gasteiger charge is 2.15. The van der Waals surface area contributed by atoms with Crippen molar-refractivity contribution in [3.63, 3.8) is 0 Å². The predicted octanol–water partition coefficient (Wildman–Crippen LogP) is 1.39. The van der Waals surface area contributed by atoms with Gasteiger partial charge in [0.25, 0.3) is 0 Å². The van der Waals surface area contributed by atoms with Gasteiger partial charge in [0.2, 0.25) is 0 Å². The smallest absolute Gasteiger partial charge is 0.0618 e. The molecule has 0 radical (unpaired) electrons. The molecule has 2 rings (SSSR count). The van der Waals surface area contributed by atoms with Crippen molar-refractivity contribution in [3.05, 3.63) is 22.7 Å². The van der Waals surface area contributed by atoms with Crippen molar-refractivity contribution in [2.75, 3.05) is 51.3 Å². The van der Waals surface area contributed by atoms with Crippen LogP contribution in [0, 0.1) is 0 Å². The van der Waals surface area contributed by atoms with E-state index in [0.717, 1.165) is 42.1 Å². The van der Waals surface area contributed by atoms with Crippen molar-refractivity contribution in [1.29, 1.82) is 0 Å². The Bertz CT molecular complexity index is 461. The van der Waals surface area contributed by atoms with Crippen molar-refractivity contribution in [3.8, 4) is 0 Å². The minimum atomic E-state index is -1.01. The molecule has 19 heavy (non-hydrogen) atoms. The molecule has 2 N–H and O–H groups in total. The largest absolute Gasteiger partial charge is 0.398 e. The zero-order valence-corrected chi connectivity index (χ0v) is 13.5. The average Bonchev–Trinajstić information content (AvgIpc) is 2.37. The van der Waals surface area contributed by atoms with E-state index in [-0.39, 0.29) is 0 Å². The summed E-state index contributed by atoms with van der Waals surface area (Å²) in [5.74, 6) is 0.648. The third-order valence-electron chi connectivity index (χ3n) is 3.41. The minimum absolute atomic E-state index is 0.603. The van der Waals surface area contributed by atoms with Gasteiger partial charge < -0.3 is 10.6 Å². The Balaban J connectivity index is 1.87. The van der Waals surface area contributed by atoms with Crippen LogP contribution in [0.25, 0.3) is 0 Å². The monoisotopic (exact) mass is 345 g/mol. The van der Waals surface area contributed by atoms with Crippen molar-refractivity contribution >= 4 is 32.4 Å². The van der Waals surface area contributed by atoms with E-state index in [0.29, 0.717) is 11.4 Å². The summed E-state index contributed by atoms with van der Waals surface area (Å²) in [7, 11) is 1.12. The Morgan fingerprint density at radius 3 is 2.63 bits per heavy atom. The zero-order chi connectivity index (χ0) is 13.8. The SMILES string of the molecule is CN1CCN(CCS(=O)c2ccc(Br)cc2N)CC1. The van der Waals surface area contributed by atoms with Crippen LogP contribution < -0.4 is 5.73 Å². The van der Waals surface area contributed by atoms with Gasteiger partial charge in [-0.1, -0.05) is 15.9 Å². The van der Waals surface area contributed by atoms with Crippen LogP contribution >= 0.6 is 15.9 Å². The highest BCUT2D eigenvalue weighted by atomic mass is 79.9. The quantitative estimate of drug-likeness (QED) is 0.837. The average molecular weight is 346 g/mol. The van der Waals surface area contributed by atoms with E-state index >= 15 is 0 Å². The number of nitrogens with zero attached hydrogens (tertiary/aromatic N) is 2. The normalized spacial score (nSPS) is 19.5. The highest BCUT2D eigenvalue weighted by molar-refractivity contribution is 9.10. The van der Waals surface area contributed by atoms with Crippen LogP contribution in [0.1, 0.15) is 0 Å². The minimum Gasteiger partial charge on any atom is -0.398 e. The molecule has 0 aromatic heterocycles. The molecule has 1 fully saturated rings. The summed E-state index contributed by atoms with van der Waals surface area (Å²) in [5.41, 5.74) is 6.51. The highest BCUT2D eigenvalue weighted by Crippen LogP contribution is 2.21. The van der Waals surface area contributed by atoms with Gasteiger partial charge in [-0.15, -0.1) is 0 Å². The fourth-order valence-electron chi connectivity index (χ4n) is 2.12. The Morgan fingerprint density at radius 2 is 2.00 bits per heavy atom. The second-order valence-electron chi connectivity index (χ2n) is 4.88. The van der Waals surface area contributed by atoms with Gasteiger partial charge in [0.05, 0.1) is 15.7 Å². The first-order valence-electron chi connectivity index (χ1n) is 6.40. The predicted molar refractivity (Wildman–Crippen MR) is 83.8 cm³/mol. The summed E-state index contributed by atoms with van der Waals surface area (Å²) >= 11 is 3.36. The van der Waals surface area contributed by atoms with E-state index in [1.54, 1.807) is 0 Å². The van der Waals surface area contributed by atoms with Crippen molar-refractivity contribution in [2.45, 2.75) is 4.90 Å². The number of rotatable bonds is 4. The number of piperazine rings is 1. The van der Waals surface area contributed by atoms with Gasteiger partial charge in [-0.2, -0.15) is 0 Å². The molecule has 0 saturated carbocycles. The Hall–Kier alpha value is -0.430. The second-order valence-corrected chi connectivity index (χ2v) is 7.33. The molecular formula is C13H20BrN3OS. The first-order valence-corrected chi connectivity index (χ1v) is 8.52. The molecule has 1 aromatic rings. The van der Waals surface area contributed by atoms with Gasteiger partial charge >= 0.3 is 0 Å². The lowest BCUT2D eigenvalue weighted by molar-refractivity contribution is 0.161. The lowest BCUT2D eigenvalue weighted by Crippen LogP contribution is -2.45. The molecule has 0 bridgehead atoms. The van der Waals surface area contributed by atoms with Gasteiger partial charge in [0.1, 0.15) is 0 Å². The summed E-state index contributed by atoms with van der Waals surface area (Å²) in [6.45, 7) is 5.17. The van der Waals surface area contributed by atoms with E-state index in [4.69, 9.17) is 5.73 Å². The molecular weight excluding hydrogens is 326 g/mol. The number of anilines is 1. The lowest BCUT2D eigenvalue weighted by Gasteiger charge is -2.32. The van der Waals surface area contributed by atoms with Crippen LogP contribution in [-0.2, 0) is 10.8 Å². The fourth-order valence-corrected chi connectivity index (χ4v) is 3.68. The molecule has 1 atom stereocenters. The maximum absolute atomic E-state index is 12.3. The molecule has 106 valence electrons. The molecule has 1 aliphatic heterocycles. The molecule has 1 heterocycles. The summed E-state index contributed by atoms with van der Waals surface area (Å²) in [5, 5.41) is 0. The third kappa shape index (κ3) is 4.27. The first kappa shape index (κ1) is 15.0. The topological polar surface area (TPSA) is 49.6 Å².